The summed E-state index contributed by atoms with van der Waals surface area (Å²) in [6.07, 6.45) is 1.64. The van der Waals surface area contributed by atoms with Crippen LogP contribution in [-0.4, -0.2) is 30.2 Å². The number of sulfone groups is 1. The minimum atomic E-state index is -3.02. The van der Waals surface area contributed by atoms with E-state index < -0.39 is 9.84 Å². The van der Waals surface area contributed by atoms with Crippen molar-refractivity contribution in [2.45, 2.75) is 19.9 Å². The standard InChI is InChI=1S/C10H13N3O2S/c1-7-5-10(12-8(2)11-7)13-9-3-4-16(14,15)6-9/h3-5,9H,6H2,1-2H3,(H,11,12,13). The second kappa shape index (κ2) is 3.86. The topological polar surface area (TPSA) is 72.0 Å². The van der Waals surface area contributed by atoms with E-state index in [1.54, 1.807) is 19.1 Å². The Morgan fingerprint density at radius 1 is 1.38 bits per heavy atom. The molecule has 2 rings (SSSR count). The molecule has 0 aromatic carbocycles. The lowest BCUT2D eigenvalue weighted by molar-refractivity contribution is 0.605. The van der Waals surface area contributed by atoms with Crippen molar-refractivity contribution in [3.8, 4) is 0 Å². The summed E-state index contributed by atoms with van der Waals surface area (Å²) in [5.74, 6) is 1.43. The van der Waals surface area contributed by atoms with Crippen LogP contribution in [0.2, 0.25) is 0 Å². The zero-order valence-electron chi connectivity index (χ0n) is 9.14. The Kier molecular flexibility index (Phi) is 2.67. The van der Waals surface area contributed by atoms with Crippen LogP contribution in [0.5, 0.6) is 0 Å². The zero-order valence-corrected chi connectivity index (χ0v) is 9.95. The lowest BCUT2D eigenvalue weighted by Gasteiger charge is -2.11. The van der Waals surface area contributed by atoms with Gasteiger partial charge in [-0.2, -0.15) is 0 Å². The fourth-order valence-electron chi connectivity index (χ4n) is 1.65. The molecule has 1 unspecified atom stereocenters. The third kappa shape index (κ3) is 2.57. The van der Waals surface area contributed by atoms with Crippen LogP contribution in [-0.2, 0) is 9.84 Å². The molecule has 0 aliphatic carbocycles. The first-order valence-corrected chi connectivity index (χ1v) is 6.66. The van der Waals surface area contributed by atoms with Crippen LogP contribution in [0.1, 0.15) is 11.5 Å². The van der Waals surface area contributed by atoms with Crippen molar-refractivity contribution < 1.29 is 8.42 Å². The minimum Gasteiger partial charge on any atom is -0.363 e. The van der Waals surface area contributed by atoms with E-state index in [-0.39, 0.29) is 11.8 Å². The number of aryl methyl sites for hydroxylation is 2. The van der Waals surface area contributed by atoms with Crippen molar-refractivity contribution in [2.24, 2.45) is 0 Å². The number of nitrogens with one attached hydrogen (secondary N) is 1. The molecule has 0 amide bonds. The Morgan fingerprint density at radius 2 is 2.12 bits per heavy atom. The van der Waals surface area contributed by atoms with Crippen LogP contribution in [0.4, 0.5) is 5.82 Å². The first-order chi connectivity index (χ1) is 7.44. The van der Waals surface area contributed by atoms with Gasteiger partial charge in [-0.05, 0) is 19.9 Å². The lowest BCUT2D eigenvalue weighted by atomic mass is 10.3. The lowest BCUT2D eigenvalue weighted by Crippen LogP contribution is -2.21. The predicted octanol–water partition coefficient (Wildman–Crippen LogP) is 0.816. The maximum Gasteiger partial charge on any atom is 0.173 e. The van der Waals surface area contributed by atoms with Crippen molar-refractivity contribution in [3.05, 3.63) is 29.1 Å². The fourth-order valence-corrected chi connectivity index (χ4v) is 2.88. The van der Waals surface area contributed by atoms with Gasteiger partial charge in [-0.1, -0.05) is 0 Å². The summed E-state index contributed by atoms with van der Waals surface area (Å²) in [5.41, 5.74) is 0.861. The molecule has 0 spiro atoms. The highest BCUT2D eigenvalue weighted by molar-refractivity contribution is 7.94. The summed E-state index contributed by atoms with van der Waals surface area (Å²) in [6, 6.07) is 1.60. The van der Waals surface area contributed by atoms with Gasteiger partial charge >= 0.3 is 0 Å². The average Bonchev–Trinajstić information content (AvgIpc) is 2.43. The van der Waals surface area contributed by atoms with Crippen molar-refractivity contribution in [1.29, 1.82) is 0 Å². The van der Waals surface area contributed by atoms with E-state index in [1.165, 1.54) is 5.41 Å². The Balaban J connectivity index is 2.14. The molecule has 16 heavy (non-hydrogen) atoms. The summed E-state index contributed by atoms with van der Waals surface area (Å²) in [4.78, 5) is 8.34. The van der Waals surface area contributed by atoms with E-state index in [1.807, 2.05) is 6.92 Å². The largest absolute Gasteiger partial charge is 0.363 e. The third-order valence-electron chi connectivity index (χ3n) is 2.23. The van der Waals surface area contributed by atoms with E-state index in [0.29, 0.717) is 11.6 Å². The van der Waals surface area contributed by atoms with Gasteiger partial charge in [-0.15, -0.1) is 0 Å². The second-order valence-corrected chi connectivity index (χ2v) is 5.78. The zero-order chi connectivity index (χ0) is 11.8. The fraction of sp³-hybridized carbons (Fsp3) is 0.400. The van der Waals surface area contributed by atoms with Crippen LogP contribution < -0.4 is 5.32 Å². The number of hydrogen-bond donors (Lipinski definition) is 1. The summed E-state index contributed by atoms with van der Waals surface area (Å²) < 4.78 is 22.4. The number of nitrogens with zero attached hydrogens (tertiary/aromatic N) is 2. The first kappa shape index (κ1) is 11.1. The van der Waals surface area contributed by atoms with Gasteiger partial charge in [-0.25, -0.2) is 18.4 Å². The molecule has 2 heterocycles. The molecule has 0 bridgehead atoms. The SMILES string of the molecule is Cc1cc(NC2C=CS(=O)(=O)C2)nc(C)n1. The highest BCUT2D eigenvalue weighted by Crippen LogP contribution is 2.14. The summed E-state index contributed by atoms with van der Waals surface area (Å²) in [5, 5.41) is 4.30. The van der Waals surface area contributed by atoms with Crippen LogP contribution in [0.3, 0.4) is 0 Å². The molecule has 0 saturated carbocycles. The second-order valence-electron chi connectivity index (χ2n) is 3.85. The Hall–Kier alpha value is -1.43. The average molecular weight is 239 g/mol. The highest BCUT2D eigenvalue weighted by atomic mass is 32.2. The van der Waals surface area contributed by atoms with Gasteiger partial charge in [0.1, 0.15) is 11.6 Å². The minimum absolute atomic E-state index is 0.0924. The molecule has 0 saturated heterocycles. The van der Waals surface area contributed by atoms with Crippen molar-refractivity contribution in [1.82, 2.24) is 9.97 Å². The predicted molar refractivity (Wildman–Crippen MR) is 61.8 cm³/mol. The first-order valence-electron chi connectivity index (χ1n) is 4.94. The molecule has 1 aliphatic rings. The van der Waals surface area contributed by atoms with Crippen molar-refractivity contribution in [2.75, 3.05) is 11.1 Å². The third-order valence-corrected chi connectivity index (χ3v) is 3.62. The van der Waals surface area contributed by atoms with Crippen molar-refractivity contribution in [3.63, 3.8) is 0 Å². The van der Waals surface area contributed by atoms with Crippen LogP contribution in [0, 0.1) is 13.8 Å². The molecule has 1 aliphatic heterocycles. The monoisotopic (exact) mass is 239 g/mol. The normalized spacial score (nSPS) is 22.2. The smallest absolute Gasteiger partial charge is 0.173 e. The van der Waals surface area contributed by atoms with E-state index in [9.17, 15) is 8.42 Å². The number of rotatable bonds is 2. The highest BCUT2D eigenvalue weighted by Gasteiger charge is 2.21. The number of aromatic nitrogens is 2. The molecular weight excluding hydrogens is 226 g/mol. The molecule has 0 fully saturated rings. The maximum atomic E-state index is 11.2. The molecule has 1 atom stereocenters. The quantitative estimate of drug-likeness (QED) is 0.827. The van der Waals surface area contributed by atoms with Gasteiger partial charge in [0, 0.05) is 17.2 Å². The van der Waals surface area contributed by atoms with E-state index in [0.717, 1.165) is 5.69 Å². The molecule has 0 radical (unpaired) electrons. The molecule has 6 heteroatoms. The Bertz CT molecular complexity index is 517. The van der Waals surface area contributed by atoms with Gasteiger partial charge in [0.25, 0.3) is 0 Å². The number of hydrogen-bond acceptors (Lipinski definition) is 5. The molecule has 86 valence electrons. The molecule has 1 N–H and O–H groups in total. The summed E-state index contributed by atoms with van der Waals surface area (Å²) >= 11 is 0. The van der Waals surface area contributed by atoms with Gasteiger partial charge in [0.15, 0.2) is 9.84 Å². The van der Waals surface area contributed by atoms with E-state index in [2.05, 4.69) is 15.3 Å². The van der Waals surface area contributed by atoms with Gasteiger partial charge in [0.2, 0.25) is 0 Å². The van der Waals surface area contributed by atoms with Gasteiger partial charge in [-0.3, -0.25) is 0 Å². The van der Waals surface area contributed by atoms with E-state index in [4.69, 9.17) is 0 Å². The van der Waals surface area contributed by atoms with Gasteiger partial charge in [0.05, 0.1) is 11.8 Å². The maximum absolute atomic E-state index is 11.2. The Labute approximate surface area is 94.5 Å². The Morgan fingerprint density at radius 3 is 2.69 bits per heavy atom. The van der Waals surface area contributed by atoms with Crippen LogP contribution >= 0.6 is 0 Å². The molecule has 1 aromatic heterocycles. The molecule has 1 aromatic rings. The van der Waals surface area contributed by atoms with Crippen LogP contribution in [0.15, 0.2) is 17.6 Å². The van der Waals surface area contributed by atoms with Crippen LogP contribution in [0.25, 0.3) is 0 Å². The number of anilines is 1. The molecule has 5 nitrogen and oxygen atoms in total. The molecular formula is C10H13N3O2S. The summed E-state index contributed by atoms with van der Waals surface area (Å²) in [6.45, 7) is 3.68. The van der Waals surface area contributed by atoms with E-state index >= 15 is 0 Å². The van der Waals surface area contributed by atoms with Crippen molar-refractivity contribution >= 4 is 15.7 Å². The van der Waals surface area contributed by atoms with Gasteiger partial charge < -0.3 is 5.32 Å². The summed E-state index contributed by atoms with van der Waals surface area (Å²) in [7, 11) is -3.02.